The second-order valence-electron chi connectivity index (χ2n) is 4.26. The van der Waals surface area contributed by atoms with Crippen molar-refractivity contribution in [2.24, 2.45) is 0 Å². The normalized spacial score (nSPS) is 15.2. The van der Waals surface area contributed by atoms with E-state index < -0.39 is 58.4 Å². The SMILES string of the molecule is C=CCSC(=O)C(F)(F)C(F)(F)C(F)(F)C(F)(F)C(F)(F)C(F)(F)F. The molecule has 0 aromatic rings. The Labute approximate surface area is 134 Å². The number of alkyl halides is 13. The second-order valence-corrected chi connectivity index (χ2v) is 5.25. The van der Waals surface area contributed by atoms with Gasteiger partial charge in [-0.3, -0.25) is 4.79 Å². The van der Waals surface area contributed by atoms with Crippen LogP contribution >= 0.6 is 11.8 Å². The molecule has 25 heavy (non-hydrogen) atoms. The number of carbonyl (C=O) groups is 1. The fraction of sp³-hybridized carbons (Fsp3) is 0.700. The van der Waals surface area contributed by atoms with Crippen molar-refractivity contribution in [3.8, 4) is 0 Å². The van der Waals surface area contributed by atoms with Gasteiger partial charge < -0.3 is 0 Å². The van der Waals surface area contributed by atoms with Crippen molar-refractivity contribution in [3.63, 3.8) is 0 Å². The van der Waals surface area contributed by atoms with Gasteiger partial charge in [-0.2, -0.15) is 57.1 Å². The average Bonchev–Trinajstić information content (AvgIpc) is 2.42. The smallest absolute Gasteiger partial charge is 0.280 e. The van der Waals surface area contributed by atoms with E-state index in [2.05, 4.69) is 6.58 Å². The predicted molar refractivity (Wildman–Crippen MR) is 58.5 cm³/mol. The fourth-order valence-electron chi connectivity index (χ4n) is 1.12. The lowest BCUT2D eigenvalue weighted by Gasteiger charge is -2.39. The first-order valence-corrected chi connectivity index (χ1v) is 6.46. The first-order valence-electron chi connectivity index (χ1n) is 5.47. The summed E-state index contributed by atoms with van der Waals surface area (Å²) in [5.41, 5.74) is 0. The Balaban J connectivity index is 6.20. The summed E-state index contributed by atoms with van der Waals surface area (Å²) in [6.45, 7) is 2.83. The van der Waals surface area contributed by atoms with Crippen molar-refractivity contribution < 1.29 is 61.9 Å². The largest absolute Gasteiger partial charge is 0.460 e. The fourth-order valence-corrected chi connectivity index (χ4v) is 1.70. The summed E-state index contributed by atoms with van der Waals surface area (Å²) in [5.74, 6) is -38.9. The molecule has 15 heteroatoms. The average molecular weight is 420 g/mol. The minimum Gasteiger partial charge on any atom is -0.280 e. The lowest BCUT2D eigenvalue weighted by molar-refractivity contribution is -0.435. The summed E-state index contributed by atoms with van der Waals surface area (Å²) in [7, 11) is 0. The van der Waals surface area contributed by atoms with Gasteiger partial charge in [-0.1, -0.05) is 17.8 Å². The molecule has 0 atom stereocenters. The summed E-state index contributed by atoms with van der Waals surface area (Å²) >= 11 is -0.825. The van der Waals surface area contributed by atoms with Crippen LogP contribution in [-0.4, -0.2) is 46.7 Å². The molecule has 0 aromatic heterocycles. The molecular formula is C10H5F13OS. The van der Waals surface area contributed by atoms with Gasteiger partial charge >= 0.3 is 35.8 Å². The van der Waals surface area contributed by atoms with Crippen LogP contribution in [0.1, 0.15) is 0 Å². The van der Waals surface area contributed by atoms with Crippen LogP contribution < -0.4 is 0 Å². The molecule has 0 aliphatic rings. The van der Waals surface area contributed by atoms with E-state index in [1.54, 1.807) is 0 Å². The van der Waals surface area contributed by atoms with E-state index in [0.717, 1.165) is 0 Å². The Bertz CT molecular complexity index is 521. The van der Waals surface area contributed by atoms with Crippen molar-refractivity contribution in [3.05, 3.63) is 12.7 Å². The maximum absolute atomic E-state index is 13.1. The summed E-state index contributed by atoms with van der Waals surface area (Å²) in [6, 6.07) is 0. The minimum absolute atomic E-state index is 0.626. The molecule has 1 nitrogen and oxygen atoms in total. The molecule has 0 rings (SSSR count). The summed E-state index contributed by atoms with van der Waals surface area (Å²) in [4.78, 5) is 10.8. The zero-order valence-corrected chi connectivity index (χ0v) is 12.0. The summed E-state index contributed by atoms with van der Waals surface area (Å²) < 4.78 is 165. The first kappa shape index (κ1) is 23.8. The third-order valence-electron chi connectivity index (χ3n) is 2.52. The maximum Gasteiger partial charge on any atom is 0.460 e. The lowest BCUT2D eigenvalue weighted by Crippen LogP contribution is -2.71. The van der Waals surface area contributed by atoms with E-state index in [4.69, 9.17) is 0 Å². The van der Waals surface area contributed by atoms with Crippen LogP contribution in [-0.2, 0) is 4.79 Å². The van der Waals surface area contributed by atoms with Gasteiger partial charge in [0.05, 0.1) is 0 Å². The monoisotopic (exact) mass is 420 g/mol. The molecule has 0 saturated heterocycles. The molecule has 0 aromatic carbocycles. The molecule has 0 bridgehead atoms. The summed E-state index contributed by atoms with van der Waals surface area (Å²) in [5, 5.41) is -3.16. The van der Waals surface area contributed by atoms with Crippen molar-refractivity contribution >= 4 is 16.9 Å². The van der Waals surface area contributed by atoms with Gasteiger partial charge in [-0.05, 0) is 0 Å². The molecular weight excluding hydrogens is 415 g/mol. The summed E-state index contributed by atoms with van der Waals surface area (Å²) in [6.07, 6.45) is -6.85. The predicted octanol–water partition coefficient (Wildman–Crippen LogP) is 5.17. The Morgan fingerprint density at radius 3 is 1.40 bits per heavy atom. The van der Waals surface area contributed by atoms with Gasteiger partial charge in [-0.25, -0.2) is 0 Å². The number of thioether (sulfide) groups is 1. The third-order valence-corrected chi connectivity index (χ3v) is 3.44. The van der Waals surface area contributed by atoms with Crippen LogP contribution in [0.5, 0.6) is 0 Å². The van der Waals surface area contributed by atoms with E-state index in [9.17, 15) is 61.9 Å². The Kier molecular flexibility index (Phi) is 6.24. The highest BCUT2D eigenvalue weighted by Crippen LogP contribution is 2.60. The molecule has 0 heterocycles. The van der Waals surface area contributed by atoms with Gasteiger partial charge in [0.2, 0.25) is 0 Å². The number of hydrogen-bond acceptors (Lipinski definition) is 2. The highest BCUT2D eigenvalue weighted by atomic mass is 32.2. The van der Waals surface area contributed by atoms with Crippen LogP contribution in [0.3, 0.4) is 0 Å². The van der Waals surface area contributed by atoms with E-state index in [0.29, 0.717) is 6.08 Å². The molecule has 0 spiro atoms. The zero-order chi connectivity index (χ0) is 20.7. The number of carbonyl (C=O) groups excluding carboxylic acids is 1. The molecule has 148 valence electrons. The number of hydrogen-bond donors (Lipinski definition) is 0. The van der Waals surface area contributed by atoms with Crippen LogP contribution in [0.4, 0.5) is 57.1 Å². The van der Waals surface area contributed by atoms with Gasteiger partial charge in [0.15, 0.2) is 0 Å². The van der Waals surface area contributed by atoms with Crippen molar-refractivity contribution in [2.75, 3.05) is 5.75 Å². The zero-order valence-electron chi connectivity index (χ0n) is 11.2. The topological polar surface area (TPSA) is 17.1 Å². The van der Waals surface area contributed by atoms with Gasteiger partial charge in [0, 0.05) is 5.75 Å². The Morgan fingerprint density at radius 2 is 1.08 bits per heavy atom. The van der Waals surface area contributed by atoms with Crippen molar-refractivity contribution in [1.82, 2.24) is 0 Å². The molecule has 0 radical (unpaired) electrons. The lowest BCUT2D eigenvalue weighted by atomic mass is 9.94. The molecule has 0 aliphatic heterocycles. The maximum atomic E-state index is 13.1. The van der Waals surface area contributed by atoms with Gasteiger partial charge in [0.25, 0.3) is 5.12 Å². The number of rotatable bonds is 7. The van der Waals surface area contributed by atoms with Gasteiger partial charge in [0.1, 0.15) is 0 Å². The molecule has 0 saturated carbocycles. The van der Waals surface area contributed by atoms with E-state index in [-0.39, 0.29) is 0 Å². The highest BCUT2D eigenvalue weighted by Gasteiger charge is 2.91. The quantitative estimate of drug-likeness (QED) is 0.418. The standard InChI is InChI=1S/C10H5F13OS/c1-2-3-25-4(24)5(11,12)6(13,14)7(15,16)8(17,18)9(19,20)10(21,22)23/h2H,1,3H2. The molecule has 0 amide bonds. The second kappa shape index (κ2) is 6.54. The number of halogens is 13. The third kappa shape index (κ3) is 3.43. The highest BCUT2D eigenvalue weighted by molar-refractivity contribution is 8.13. The van der Waals surface area contributed by atoms with Crippen molar-refractivity contribution in [2.45, 2.75) is 35.8 Å². The van der Waals surface area contributed by atoms with Gasteiger partial charge in [-0.15, -0.1) is 6.58 Å². The first-order chi connectivity index (χ1) is 10.7. The van der Waals surface area contributed by atoms with Crippen LogP contribution in [0.15, 0.2) is 12.7 Å². The Hall–Kier alpha value is -1.15. The minimum atomic E-state index is -8.01. The molecule has 0 N–H and O–H groups in total. The van der Waals surface area contributed by atoms with Crippen LogP contribution in [0.25, 0.3) is 0 Å². The van der Waals surface area contributed by atoms with E-state index in [1.807, 2.05) is 0 Å². The molecule has 0 fully saturated rings. The molecule has 0 unspecified atom stereocenters. The molecule has 0 aliphatic carbocycles. The van der Waals surface area contributed by atoms with E-state index >= 15 is 0 Å². The Morgan fingerprint density at radius 1 is 0.720 bits per heavy atom. The van der Waals surface area contributed by atoms with Crippen molar-refractivity contribution in [1.29, 1.82) is 0 Å². The van der Waals surface area contributed by atoms with Crippen LogP contribution in [0, 0.1) is 0 Å². The van der Waals surface area contributed by atoms with E-state index in [1.165, 1.54) is 0 Å². The van der Waals surface area contributed by atoms with Crippen LogP contribution in [0.2, 0.25) is 0 Å².